The molecule has 0 radical (unpaired) electrons. The number of nitrogen functional groups attached to an aromatic ring is 1. The molecule has 0 amide bonds. The highest BCUT2D eigenvalue weighted by Gasteiger charge is 2.29. The number of nitrogens with zero attached hydrogens (tertiary/aromatic N) is 3. The zero-order chi connectivity index (χ0) is 14.1. The second-order valence-corrected chi connectivity index (χ2v) is 5.49. The molecule has 1 rings (SSSR count). The normalized spacial score (nSPS) is 13.2. The van der Waals surface area contributed by atoms with Crippen molar-refractivity contribution in [3.63, 3.8) is 0 Å². The highest BCUT2D eigenvalue weighted by molar-refractivity contribution is 5.61. The molecule has 0 spiro atoms. The molecule has 1 unspecified atom stereocenters. The van der Waals surface area contributed by atoms with Crippen LogP contribution in [-0.2, 0) is 0 Å². The number of rotatable bonds is 3. The number of nitrogens with two attached hydrogens (primary N) is 1. The maximum absolute atomic E-state index is 11.0. The van der Waals surface area contributed by atoms with Crippen molar-refractivity contribution in [3.05, 3.63) is 22.2 Å². The van der Waals surface area contributed by atoms with Crippen molar-refractivity contribution in [3.8, 4) is 0 Å². The summed E-state index contributed by atoms with van der Waals surface area (Å²) in [5, 5.41) is 11.0. The molecule has 0 fully saturated rings. The predicted molar refractivity (Wildman–Crippen MR) is 72.6 cm³/mol. The molecule has 1 aromatic heterocycles. The molecule has 6 nitrogen and oxygen atoms in total. The first-order valence-electron chi connectivity index (χ1n) is 5.78. The second kappa shape index (κ2) is 4.80. The third-order valence-corrected chi connectivity index (χ3v) is 3.24. The fraction of sp³-hybridized carbons (Fsp3) is 0.583. The molecular weight excluding hydrogens is 232 g/mol. The Morgan fingerprint density at radius 3 is 2.44 bits per heavy atom. The number of aromatic nitrogens is 1. The summed E-state index contributed by atoms with van der Waals surface area (Å²) in [5.74, 6) is 0.589. The van der Waals surface area contributed by atoms with Gasteiger partial charge in [0.25, 0.3) is 0 Å². The molecule has 0 aliphatic carbocycles. The molecular formula is C12H20N4O2. The van der Waals surface area contributed by atoms with E-state index in [1.54, 1.807) is 11.9 Å². The smallest absolute Gasteiger partial charge is 0.311 e. The second-order valence-electron chi connectivity index (χ2n) is 5.49. The average molecular weight is 252 g/mol. The molecule has 18 heavy (non-hydrogen) atoms. The first kappa shape index (κ1) is 14.2. The summed E-state index contributed by atoms with van der Waals surface area (Å²) in [5.41, 5.74) is 5.57. The van der Waals surface area contributed by atoms with Crippen LogP contribution in [0.15, 0.2) is 12.1 Å². The summed E-state index contributed by atoms with van der Waals surface area (Å²) in [6.07, 6.45) is 0. The Labute approximate surface area is 107 Å². The van der Waals surface area contributed by atoms with Crippen LogP contribution in [0.2, 0.25) is 0 Å². The topological polar surface area (TPSA) is 85.3 Å². The lowest BCUT2D eigenvalue weighted by atomic mass is 9.87. The van der Waals surface area contributed by atoms with Gasteiger partial charge in [0.05, 0.1) is 4.92 Å². The van der Waals surface area contributed by atoms with Crippen LogP contribution >= 0.6 is 0 Å². The first-order valence-corrected chi connectivity index (χ1v) is 5.78. The third kappa shape index (κ3) is 2.88. The molecule has 0 aromatic carbocycles. The highest BCUT2D eigenvalue weighted by atomic mass is 16.6. The van der Waals surface area contributed by atoms with Crippen LogP contribution in [0.4, 0.5) is 17.3 Å². The zero-order valence-corrected chi connectivity index (χ0v) is 11.5. The van der Waals surface area contributed by atoms with Gasteiger partial charge in [-0.1, -0.05) is 20.8 Å². The lowest BCUT2D eigenvalue weighted by molar-refractivity contribution is -0.384. The first-order chi connectivity index (χ1) is 8.14. The van der Waals surface area contributed by atoms with Crippen LogP contribution in [0.1, 0.15) is 27.7 Å². The predicted octanol–water partition coefficient (Wildman–Crippen LogP) is 2.44. The molecule has 0 saturated heterocycles. The van der Waals surface area contributed by atoms with E-state index in [1.807, 2.05) is 6.92 Å². The van der Waals surface area contributed by atoms with Crippen molar-refractivity contribution in [2.45, 2.75) is 33.7 Å². The molecule has 1 aromatic rings. The van der Waals surface area contributed by atoms with Gasteiger partial charge in [-0.2, -0.15) is 0 Å². The minimum Gasteiger partial charge on any atom is -0.384 e. The van der Waals surface area contributed by atoms with Crippen LogP contribution in [0.3, 0.4) is 0 Å². The van der Waals surface area contributed by atoms with E-state index < -0.39 is 4.92 Å². The largest absolute Gasteiger partial charge is 0.384 e. The molecule has 0 aliphatic heterocycles. The van der Waals surface area contributed by atoms with Crippen molar-refractivity contribution in [2.24, 2.45) is 5.41 Å². The lowest BCUT2D eigenvalue weighted by Crippen LogP contribution is -2.40. The summed E-state index contributed by atoms with van der Waals surface area (Å²) < 4.78 is 0. The Morgan fingerprint density at radius 1 is 1.44 bits per heavy atom. The Hall–Kier alpha value is -1.85. The summed E-state index contributed by atoms with van der Waals surface area (Å²) in [6, 6.07) is 2.92. The lowest BCUT2D eigenvalue weighted by Gasteiger charge is -2.35. The number of pyridine rings is 1. The van der Waals surface area contributed by atoms with Crippen LogP contribution in [0.5, 0.6) is 0 Å². The van der Waals surface area contributed by atoms with Crippen LogP contribution in [0.25, 0.3) is 0 Å². The van der Waals surface area contributed by atoms with Gasteiger partial charge in [0.2, 0.25) is 5.82 Å². The van der Waals surface area contributed by atoms with Gasteiger partial charge >= 0.3 is 5.69 Å². The molecule has 1 heterocycles. The monoisotopic (exact) mass is 252 g/mol. The van der Waals surface area contributed by atoms with Gasteiger partial charge in [-0.05, 0) is 18.4 Å². The summed E-state index contributed by atoms with van der Waals surface area (Å²) in [6.45, 7) is 8.24. The van der Waals surface area contributed by atoms with Crippen molar-refractivity contribution in [2.75, 3.05) is 17.7 Å². The summed E-state index contributed by atoms with van der Waals surface area (Å²) >= 11 is 0. The molecule has 1 atom stereocenters. The number of hydrogen-bond donors (Lipinski definition) is 1. The van der Waals surface area contributed by atoms with Gasteiger partial charge in [0.1, 0.15) is 5.82 Å². The molecule has 2 N–H and O–H groups in total. The average Bonchev–Trinajstić information content (AvgIpc) is 2.25. The van der Waals surface area contributed by atoms with Gasteiger partial charge in [-0.25, -0.2) is 4.98 Å². The fourth-order valence-corrected chi connectivity index (χ4v) is 1.62. The minimum atomic E-state index is -0.437. The Balaban J connectivity index is 3.23. The van der Waals surface area contributed by atoms with Crippen LogP contribution in [-0.4, -0.2) is 23.0 Å². The van der Waals surface area contributed by atoms with Crippen molar-refractivity contribution < 1.29 is 4.92 Å². The van der Waals surface area contributed by atoms with E-state index in [4.69, 9.17) is 5.73 Å². The standard InChI is InChI=1S/C12H20N4O2/c1-8(12(2,3)4)15(5)11-9(16(17)18)6-7-10(13)14-11/h6-8H,1-5H3,(H2,13,14). The number of hydrogen-bond acceptors (Lipinski definition) is 5. The van der Waals surface area contributed by atoms with Gasteiger partial charge in [0, 0.05) is 19.2 Å². The van der Waals surface area contributed by atoms with E-state index in [1.165, 1.54) is 12.1 Å². The van der Waals surface area contributed by atoms with Crippen molar-refractivity contribution in [1.82, 2.24) is 4.98 Å². The maximum Gasteiger partial charge on any atom is 0.311 e. The van der Waals surface area contributed by atoms with E-state index >= 15 is 0 Å². The van der Waals surface area contributed by atoms with E-state index in [0.717, 1.165) is 0 Å². The molecule has 0 saturated carbocycles. The van der Waals surface area contributed by atoms with E-state index in [9.17, 15) is 10.1 Å². The quantitative estimate of drug-likeness (QED) is 0.659. The maximum atomic E-state index is 11.0. The third-order valence-electron chi connectivity index (χ3n) is 3.24. The Morgan fingerprint density at radius 2 is 2.00 bits per heavy atom. The SMILES string of the molecule is CC(N(C)c1nc(N)ccc1[N+](=O)[O-])C(C)(C)C. The summed E-state index contributed by atoms with van der Waals surface area (Å²) in [7, 11) is 1.80. The van der Waals surface area contributed by atoms with Gasteiger partial charge in [-0.3, -0.25) is 10.1 Å². The Kier molecular flexibility index (Phi) is 3.79. The van der Waals surface area contributed by atoms with Gasteiger partial charge < -0.3 is 10.6 Å². The van der Waals surface area contributed by atoms with Gasteiger partial charge in [-0.15, -0.1) is 0 Å². The van der Waals surface area contributed by atoms with Crippen LogP contribution in [0, 0.1) is 15.5 Å². The highest BCUT2D eigenvalue weighted by Crippen LogP contribution is 2.32. The van der Waals surface area contributed by atoms with Crippen LogP contribution < -0.4 is 10.6 Å². The van der Waals surface area contributed by atoms with E-state index in [0.29, 0.717) is 5.82 Å². The van der Waals surface area contributed by atoms with E-state index in [2.05, 4.69) is 25.8 Å². The number of anilines is 2. The molecule has 0 aliphatic rings. The van der Waals surface area contributed by atoms with Crippen molar-refractivity contribution in [1.29, 1.82) is 0 Å². The van der Waals surface area contributed by atoms with Crippen molar-refractivity contribution >= 4 is 17.3 Å². The summed E-state index contributed by atoms with van der Waals surface area (Å²) in [4.78, 5) is 16.5. The fourth-order valence-electron chi connectivity index (χ4n) is 1.62. The molecule has 0 bridgehead atoms. The zero-order valence-electron chi connectivity index (χ0n) is 11.5. The minimum absolute atomic E-state index is 0.0189. The van der Waals surface area contributed by atoms with E-state index in [-0.39, 0.29) is 23.0 Å². The Bertz CT molecular complexity index is 454. The molecule has 6 heteroatoms. The number of nitro groups is 1. The van der Waals surface area contributed by atoms with Gasteiger partial charge in [0.15, 0.2) is 0 Å². The molecule has 100 valence electrons.